The number of amides is 2. The molecule has 2 aromatic rings. The lowest BCUT2D eigenvalue weighted by Gasteiger charge is -2.24. The summed E-state index contributed by atoms with van der Waals surface area (Å²) in [5.41, 5.74) is 3.93. The molecule has 160 valence electrons. The van der Waals surface area contributed by atoms with Crippen LogP contribution in [0.1, 0.15) is 35.1 Å². The Balaban J connectivity index is 1.35. The van der Waals surface area contributed by atoms with Crippen molar-refractivity contribution in [1.82, 2.24) is 19.8 Å². The molecule has 8 nitrogen and oxygen atoms in total. The van der Waals surface area contributed by atoms with E-state index in [0.717, 1.165) is 47.9 Å². The number of urea groups is 1. The Morgan fingerprint density at radius 3 is 2.53 bits per heavy atom. The third kappa shape index (κ3) is 3.18. The molecule has 2 aliphatic carbocycles. The van der Waals surface area contributed by atoms with Crippen molar-refractivity contribution < 1.29 is 18.1 Å². The molecule has 0 radical (unpaired) electrons. The molecule has 0 saturated heterocycles. The smallest absolute Gasteiger partial charge is 0.331 e. The highest BCUT2D eigenvalue weighted by Crippen LogP contribution is 2.41. The molecule has 5 rings (SSSR count). The molecular formula is C20H24FN5O3S. The molecule has 3 aliphatic rings. The molecule has 1 aromatic heterocycles. The van der Waals surface area contributed by atoms with Gasteiger partial charge in [0, 0.05) is 5.69 Å². The van der Waals surface area contributed by atoms with Gasteiger partial charge in [-0.2, -0.15) is 5.10 Å². The lowest BCUT2D eigenvalue weighted by atomic mass is 9.98. The first kappa shape index (κ1) is 19.5. The van der Waals surface area contributed by atoms with Crippen molar-refractivity contribution in [3.8, 4) is 5.88 Å². The summed E-state index contributed by atoms with van der Waals surface area (Å²) in [4.78, 5) is 13.0. The number of likely N-dealkylation sites (N-methyl/N-ethyl adjacent to an activating group) is 1. The topological polar surface area (TPSA) is 97.3 Å². The molecule has 1 aliphatic heterocycles. The monoisotopic (exact) mass is 433 g/mol. The van der Waals surface area contributed by atoms with E-state index < -0.39 is 17.0 Å². The van der Waals surface area contributed by atoms with Gasteiger partial charge in [0.25, 0.3) is 0 Å². The van der Waals surface area contributed by atoms with Gasteiger partial charge in [-0.1, -0.05) is 0 Å². The van der Waals surface area contributed by atoms with Crippen LogP contribution in [0.4, 0.5) is 14.9 Å². The zero-order valence-electron chi connectivity index (χ0n) is 16.7. The number of hydrogen-bond donors (Lipinski definition) is 3. The zero-order valence-corrected chi connectivity index (χ0v) is 17.5. The number of fused-ring (bicyclic) bond motifs is 3. The first-order valence-electron chi connectivity index (χ1n) is 10.3. The van der Waals surface area contributed by atoms with Gasteiger partial charge in [-0.3, -0.25) is 4.72 Å². The van der Waals surface area contributed by atoms with E-state index in [2.05, 4.69) is 20.5 Å². The van der Waals surface area contributed by atoms with Gasteiger partial charge in [0.05, 0.1) is 18.8 Å². The van der Waals surface area contributed by atoms with E-state index >= 15 is 0 Å². The summed E-state index contributed by atoms with van der Waals surface area (Å²) in [5.74, 6) is 0.316. The number of aromatic nitrogens is 2. The number of ether oxygens (including phenoxy) is 1. The summed E-state index contributed by atoms with van der Waals surface area (Å²) in [6.45, 7) is 1.04. The van der Waals surface area contributed by atoms with E-state index in [9.17, 15) is 13.4 Å². The maximum absolute atomic E-state index is 14.8. The van der Waals surface area contributed by atoms with Crippen molar-refractivity contribution in [2.75, 3.05) is 19.0 Å². The van der Waals surface area contributed by atoms with Crippen molar-refractivity contribution in [2.24, 2.45) is 0 Å². The number of nitrogens with zero attached hydrogens (tertiary/aromatic N) is 2. The zero-order chi connectivity index (χ0) is 20.8. The van der Waals surface area contributed by atoms with Crippen LogP contribution in [0.2, 0.25) is 0 Å². The number of nitrogens with one attached hydrogen (secondary N) is 3. The predicted molar refractivity (Wildman–Crippen MR) is 110 cm³/mol. The highest BCUT2D eigenvalue weighted by Gasteiger charge is 2.30. The second kappa shape index (κ2) is 7.66. The van der Waals surface area contributed by atoms with Crippen LogP contribution in [0.15, 0.2) is 11.1 Å². The van der Waals surface area contributed by atoms with E-state index in [0.29, 0.717) is 42.5 Å². The largest absolute Gasteiger partial charge is 0.475 e. The average molecular weight is 434 g/mol. The van der Waals surface area contributed by atoms with Crippen molar-refractivity contribution in [2.45, 2.75) is 56.0 Å². The number of benzene rings is 1. The highest BCUT2D eigenvalue weighted by molar-refractivity contribution is 7.83. The molecule has 2 atom stereocenters. The van der Waals surface area contributed by atoms with E-state index in [-0.39, 0.29) is 11.9 Å². The van der Waals surface area contributed by atoms with Crippen molar-refractivity contribution >= 4 is 22.7 Å². The molecule has 0 fully saturated rings. The molecule has 2 unspecified atom stereocenters. The van der Waals surface area contributed by atoms with E-state index in [1.165, 1.54) is 6.20 Å². The Morgan fingerprint density at radius 2 is 1.87 bits per heavy atom. The summed E-state index contributed by atoms with van der Waals surface area (Å²) in [5, 5.41) is 10.2. The summed E-state index contributed by atoms with van der Waals surface area (Å²) < 4.78 is 37.4. The van der Waals surface area contributed by atoms with Gasteiger partial charge in [0.2, 0.25) is 5.88 Å². The van der Waals surface area contributed by atoms with Gasteiger partial charge < -0.3 is 15.4 Å². The number of carbonyl (C=O) groups is 1. The minimum atomic E-state index is -1.82. The lowest BCUT2D eigenvalue weighted by Crippen LogP contribution is -2.40. The maximum atomic E-state index is 14.8. The second-order valence-corrected chi connectivity index (χ2v) is 9.11. The number of rotatable bonds is 4. The Kier molecular flexibility index (Phi) is 4.98. The Labute approximate surface area is 176 Å². The van der Waals surface area contributed by atoms with Crippen molar-refractivity contribution in [3.05, 3.63) is 34.3 Å². The minimum absolute atomic E-state index is 0.0898. The molecule has 0 saturated carbocycles. The molecule has 0 bridgehead atoms. The molecule has 3 N–H and O–H groups in total. The first-order chi connectivity index (χ1) is 14.6. The van der Waals surface area contributed by atoms with Gasteiger partial charge in [-0.05, 0) is 67.8 Å². The summed E-state index contributed by atoms with van der Waals surface area (Å²) in [7, 11) is 0.0192. The van der Waals surface area contributed by atoms with Crippen LogP contribution in [0.3, 0.4) is 0 Å². The molecule has 2 heterocycles. The molecule has 30 heavy (non-hydrogen) atoms. The van der Waals surface area contributed by atoms with Crippen LogP contribution in [-0.4, -0.2) is 39.7 Å². The predicted octanol–water partition coefficient (Wildman–Crippen LogP) is 1.82. The fourth-order valence-electron chi connectivity index (χ4n) is 4.69. The lowest BCUT2D eigenvalue weighted by molar-refractivity contribution is 0.184. The van der Waals surface area contributed by atoms with E-state index in [4.69, 9.17) is 4.74 Å². The first-order valence-corrected chi connectivity index (χ1v) is 11.4. The van der Waals surface area contributed by atoms with Crippen LogP contribution >= 0.6 is 0 Å². The standard InChI is InChI=1S/C20H24FN5O3S/c1-22-11-9-26-19(29-10-11)16(8-23-26)30(28)25-20(27)24-18-14-6-2-4-12(14)17(21)13-5-3-7-15(13)18/h8,11,22H,2-7,9-10H2,1H3,(H2,24,25,27). The normalized spacial score (nSPS) is 20.1. The van der Waals surface area contributed by atoms with E-state index in [1.807, 2.05) is 7.05 Å². The number of hydrogen-bond acceptors (Lipinski definition) is 5. The summed E-state index contributed by atoms with van der Waals surface area (Å²) in [6.07, 6.45) is 6.10. The van der Waals surface area contributed by atoms with Crippen LogP contribution < -0.4 is 20.1 Å². The highest BCUT2D eigenvalue weighted by atomic mass is 32.2. The van der Waals surface area contributed by atoms with Gasteiger partial charge >= 0.3 is 6.03 Å². The van der Waals surface area contributed by atoms with Crippen LogP contribution in [0.25, 0.3) is 0 Å². The van der Waals surface area contributed by atoms with Gasteiger partial charge in [0.15, 0.2) is 11.0 Å². The molecule has 10 heteroatoms. The van der Waals surface area contributed by atoms with Gasteiger partial charge in [0.1, 0.15) is 17.3 Å². The SMILES string of the molecule is CNC1COc2c(S(=O)NC(=O)Nc3c4c(c(F)c5c3CCC5)CCC4)cnn2C1. The number of carbonyl (C=O) groups excluding carboxylic acids is 1. The maximum Gasteiger partial charge on any atom is 0.331 e. The van der Waals surface area contributed by atoms with Crippen LogP contribution in [-0.2, 0) is 43.2 Å². The second-order valence-electron chi connectivity index (χ2n) is 7.93. The molecule has 2 amide bonds. The number of anilines is 1. The van der Waals surface area contributed by atoms with Crippen molar-refractivity contribution in [1.29, 1.82) is 0 Å². The summed E-state index contributed by atoms with van der Waals surface area (Å²) in [6, 6.07) is -0.454. The molecule has 1 aromatic carbocycles. The minimum Gasteiger partial charge on any atom is -0.475 e. The quantitative estimate of drug-likeness (QED) is 0.684. The van der Waals surface area contributed by atoms with Gasteiger partial charge in [-0.15, -0.1) is 0 Å². The number of halogens is 1. The Hall–Kier alpha value is -2.46. The fraction of sp³-hybridized carbons (Fsp3) is 0.500. The average Bonchev–Trinajstić information content (AvgIpc) is 3.49. The molecule has 0 spiro atoms. The third-order valence-electron chi connectivity index (χ3n) is 6.18. The van der Waals surface area contributed by atoms with Crippen molar-refractivity contribution in [3.63, 3.8) is 0 Å². The Morgan fingerprint density at radius 1 is 1.20 bits per heavy atom. The molecular weight excluding hydrogens is 409 g/mol. The Bertz CT molecular complexity index is 1020. The third-order valence-corrected chi connectivity index (χ3v) is 7.23. The summed E-state index contributed by atoms with van der Waals surface area (Å²) >= 11 is 0. The van der Waals surface area contributed by atoms with Crippen LogP contribution in [0.5, 0.6) is 5.88 Å². The fourth-order valence-corrected chi connectivity index (χ4v) is 5.49. The van der Waals surface area contributed by atoms with E-state index in [1.54, 1.807) is 4.68 Å². The van der Waals surface area contributed by atoms with Crippen LogP contribution in [0, 0.1) is 5.82 Å². The van der Waals surface area contributed by atoms with Gasteiger partial charge in [-0.25, -0.2) is 18.1 Å².